The average molecular weight is 484 g/mol. The van der Waals surface area contributed by atoms with Crippen LogP contribution in [0.3, 0.4) is 0 Å². The summed E-state index contributed by atoms with van der Waals surface area (Å²) in [5, 5.41) is 5.87. The van der Waals surface area contributed by atoms with Crippen LogP contribution in [0.2, 0.25) is 0 Å². The fraction of sp³-hybridized carbons (Fsp3) is 0.444. The molecule has 0 saturated heterocycles. The lowest BCUT2D eigenvalue weighted by Crippen LogP contribution is -2.34. The van der Waals surface area contributed by atoms with E-state index in [9.17, 15) is 9.59 Å². The molecule has 0 heterocycles. The van der Waals surface area contributed by atoms with E-state index in [-0.39, 0.29) is 16.9 Å². The number of anilines is 1. The minimum atomic E-state index is -0.298. The first-order chi connectivity index (χ1) is 16.5. The first kappa shape index (κ1) is 27.3. The van der Waals surface area contributed by atoms with Crippen LogP contribution in [-0.4, -0.2) is 41.5 Å². The molecule has 0 spiro atoms. The molecule has 0 saturated carbocycles. The molecule has 0 aliphatic carbocycles. The highest BCUT2D eigenvalue weighted by atomic mass is 32.1. The van der Waals surface area contributed by atoms with E-state index in [4.69, 9.17) is 17.0 Å². The van der Waals surface area contributed by atoms with Gasteiger partial charge in [-0.05, 0) is 80.0 Å². The van der Waals surface area contributed by atoms with E-state index in [2.05, 4.69) is 31.4 Å². The number of nitrogens with one attached hydrogen (secondary N) is 2. The molecule has 6 nitrogen and oxygen atoms in total. The molecule has 0 fully saturated rings. The van der Waals surface area contributed by atoms with Crippen molar-refractivity contribution in [3.63, 3.8) is 0 Å². The Morgan fingerprint density at radius 3 is 2.03 bits per heavy atom. The van der Waals surface area contributed by atoms with Gasteiger partial charge in [0.2, 0.25) is 0 Å². The number of amides is 2. The van der Waals surface area contributed by atoms with Crippen molar-refractivity contribution in [2.75, 3.05) is 25.0 Å². The second-order valence-electron chi connectivity index (χ2n) is 8.21. The minimum Gasteiger partial charge on any atom is -0.494 e. The van der Waals surface area contributed by atoms with Crippen molar-refractivity contribution in [2.24, 2.45) is 0 Å². The molecule has 184 valence electrons. The summed E-state index contributed by atoms with van der Waals surface area (Å²) < 4.78 is 5.72. The molecule has 0 unspecified atom stereocenters. The molecule has 0 aromatic heterocycles. The summed E-state index contributed by atoms with van der Waals surface area (Å²) in [5.41, 5.74) is 1.83. The molecule has 7 heteroatoms. The van der Waals surface area contributed by atoms with Gasteiger partial charge in [0, 0.05) is 29.9 Å². The summed E-state index contributed by atoms with van der Waals surface area (Å²) in [6.07, 6.45) is 6.46. The zero-order valence-corrected chi connectivity index (χ0v) is 21.4. The van der Waals surface area contributed by atoms with E-state index >= 15 is 0 Å². The fourth-order valence-corrected chi connectivity index (χ4v) is 3.70. The van der Waals surface area contributed by atoms with Crippen molar-refractivity contribution in [1.29, 1.82) is 0 Å². The molecule has 2 aromatic rings. The normalized spacial score (nSPS) is 10.4. The van der Waals surface area contributed by atoms with Gasteiger partial charge in [0.05, 0.1) is 6.61 Å². The van der Waals surface area contributed by atoms with Gasteiger partial charge < -0.3 is 15.0 Å². The van der Waals surface area contributed by atoms with Crippen molar-refractivity contribution in [2.45, 2.75) is 59.3 Å². The monoisotopic (exact) mass is 483 g/mol. The third-order valence-electron chi connectivity index (χ3n) is 5.27. The van der Waals surface area contributed by atoms with Gasteiger partial charge in [-0.2, -0.15) is 0 Å². The van der Waals surface area contributed by atoms with Gasteiger partial charge in [0.15, 0.2) is 5.11 Å². The van der Waals surface area contributed by atoms with Crippen molar-refractivity contribution in [3.05, 3.63) is 59.7 Å². The number of unbranched alkanes of at least 4 members (excludes halogenated alkanes) is 3. The molecule has 34 heavy (non-hydrogen) atoms. The molecule has 2 rings (SSSR count). The van der Waals surface area contributed by atoms with Gasteiger partial charge in [-0.1, -0.05) is 40.0 Å². The van der Waals surface area contributed by atoms with Gasteiger partial charge in [-0.3, -0.25) is 14.9 Å². The Morgan fingerprint density at radius 2 is 1.44 bits per heavy atom. The Morgan fingerprint density at radius 1 is 0.824 bits per heavy atom. The maximum Gasteiger partial charge on any atom is 0.257 e. The van der Waals surface area contributed by atoms with Crippen LogP contribution in [0.4, 0.5) is 5.69 Å². The minimum absolute atomic E-state index is 0.0273. The zero-order valence-electron chi connectivity index (χ0n) is 20.6. The van der Waals surface area contributed by atoms with Gasteiger partial charge in [0.1, 0.15) is 5.75 Å². The van der Waals surface area contributed by atoms with Crippen LogP contribution in [0, 0.1) is 0 Å². The molecule has 0 radical (unpaired) electrons. The van der Waals surface area contributed by atoms with Crippen LogP contribution in [0.15, 0.2) is 48.5 Å². The first-order valence-corrected chi connectivity index (χ1v) is 12.6. The Balaban J connectivity index is 1.84. The molecular weight excluding hydrogens is 446 g/mol. The summed E-state index contributed by atoms with van der Waals surface area (Å²) >= 11 is 5.28. The van der Waals surface area contributed by atoms with Gasteiger partial charge in [-0.15, -0.1) is 0 Å². The average Bonchev–Trinajstić information content (AvgIpc) is 2.84. The highest BCUT2D eigenvalue weighted by Crippen LogP contribution is 2.14. The van der Waals surface area contributed by atoms with E-state index in [0.717, 1.165) is 44.5 Å². The van der Waals surface area contributed by atoms with Crippen LogP contribution < -0.4 is 15.4 Å². The van der Waals surface area contributed by atoms with Crippen LogP contribution in [-0.2, 0) is 0 Å². The Hall–Kier alpha value is -2.93. The Kier molecular flexibility index (Phi) is 12.1. The lowest BCUT2D eigenvalue weighted by Gasteiger charge is -2.21. The van der Waals surface area contributed by atoms with Crippen molar-refractivity contribution in [3.8, 4) is 5.75 Å². The highest BCUT2D eigenvalue weighted by Gasteiger charge is 2.14. The van der Waals surface area contributed by atoms with Crippen LogP contribution in [0.1, 0.15) is 80.0 Å². The lowest BCUT2D eigenvalue weighted by molar-refractivity contribution is 0.0755. The predicted octanol–water partition coefficient (Wildman–Crippen LogP) is 6.03. The molecule has 0 bridgehead atoms. The smallest absolute Gasteiger partial charge is 0.257 e. The molecule has 2 N–H and O–H groups in total. The second kappa shape index (κ2) is 15.1. The Bertz CT molecular complexity index is 908. The van der Waals surface area contributed by atoms with Crippen LogP contribution in [0.25, 0.3) is 0 Å². The van der Waals surface area contributed by atoms with Crippen molar-refractivity contribution in [1.82, 2.24) is 10.2 Å². The maximum atomic E-state index is 12.7. The molecule has 2 amide bonds. The number of hydrogen-bond acceptors (Lipinski definition) is 4. The van der Waals surface area contributed by atoms with E-state index in [1.165, 1.54) is 12.8 Å². The third kappa shape index (κ3) is 9.14. The van der Waals surface area contributed by atoms with Gasteiger partial charge in [0.25, 0.3) is 11.8 Å². The molecule has 0 atom stereocenters. The van der Waals surface area contributed by atoms with E-state index in [0.29, 0.717) is 23.4 Å². The molecule has 2 aromatic carbocycles. The summed E-state index contributed by atoms with van der Waals surface area (Å²) in [4.78, 5) is 27.1. The number of hydrogen-bond donors (Lipinski definition) is 2. The van der Waals surface area contributed by atoms with Gasteiger partial charge in [-0.25, -0.2) is 0 Å². The quantitative estimate of drug-likeness (QED) is 0.269. The third-order valence-corrected chi connectivity index (χ3v) is 5.48. The summed E-state index contributed by atoms with van der Waals surface area (Å²) in [6.45, 7) is 8.48. The van der Waals surface area contributed by atoms with E-state index < -0.39 is 0 Å². The number of thiocarbonyl (C=S) groups is 1. The SMILES string of the molecule is CCCCCCOc1ccc(C(=O)NC(=S)Nc2ccc(C(=O)N(CCC)CCC)cc2)cc1. The topological polar surface area (TPSA) is 70.7 Å². The van der Waals surface area contributed by atoms with Crippen molar-refractivity contribution >= 4 is 34.8 Å². The number of carbonyl (C=O) groups excluding carboxylic acids is 2. The molecule has 0 aliphatic heterocycles. The van der Waals surface area contributed by atoms with Crippen LogP contribution >= 0.6 is 12.2 Å². The lowest BCUT2D eigenvalue weighted by atomic mass is 10.1. The number of carbonyl (C=O) groups is 2. The Labute approximate surface area is 209 Å². The number of benzene rings is 2. The van der Waals surface area contributed by atoms with Crippen LogP contribution in [0.5, 0.6) is 5.75 Å². The maximum absolute atomic E-state index is 12.7. The number of nitrogens with zero attached hydrogens (tertiary/aromatic N) is 1. The fourth-order valence-electron chi connectivity index (χ4n) is 3.49. The first-order valence-electron chi connectivity index (χ1n) is 12.2. The number of ether oxygens (including phenoxy) is 1. The largest absolute Gasteiger partial charge is 0.494 e. The molecule has 0 aliphatic rings. The van der Waals surface area contributed by atoms with E-state index in [1.54, 1.807) is 48.5 Å². The summed E-state index contributed by atoms with van der Waals surface area (Å²) in [6, 6.07) is 14.1. The zero-order chi connectivity index (χ0) is 24.8. The van der Waals surface area contributed by atoms with Crippen molar-refractivity contribution < 1.29 is 14.3 Å². The summed E-state index contributed by atoms with van der Waals surface area (Å²) in [5.74, 6) is 0.480. The molecular formula is C27H37N3O3S. The number of rotatable bonds is 13. The second-order valence-corrected chi connectivity index (χ2v) is 8.62. The van der Waals surface area contributed by atoms with E-state index in [1.807, 2.05) is 4.90 Å². The highest BCUT2D eigenvalue weighted by molar-refractivity contribution is 7.80. The van der Waals surface area contributed by atoms with Gasteiger partial charge >= 0.3 is 0 Å². The summed E-state index contributed by atoms with van der Waals surface area (Å²) in [7, 11) is 0. The standard InChI is InChI=1S/C27H37N3O3S/c1-4-7-8-9-20-33-24-16-12-21(13-17-24)25(31)29-27(34)28-23-14-10-22(11-15-23)26(32)30(18-5-2)19-6-3/h10-17H,4-9,18-20H2,1-3H3,(H2,28,29,31,34). The predicted molar refractivity (Wildman–Crippen MR) is 143 cm³/mol.